The first-order valence-electron chi connectivity index (χ1n) is 10.4. The number of carbonyl (C=O) groups excluding carboxylic acids is 2. The predicted octanol–water partition coefficient (Wildman–Crippen LogP) is 3.74. The molecule has 9 heteroatoms. The molecule has 1 aliphatic carbocycles. The molecule has 33 heavy (non-hydrogen) atoms. The maximum Gasteiger partial charge on any atom is 0.259 e. The SMILES string of the molecule is N#Cc1ncc(N2C(=O)C3(CCC3)N(c3ccc(C(N)=O)c(CF)c3)C2=S)c2ccccc12. The van der Waals surface area contributed by atoms with Gasteiger partial charge in [-0.3, -0.25) is 14.5 Å². The van der Waals surface area contributed by atoms with Gasteiger partial charge in [0, 0.05) is 22.0 Å². The maximum absolute atomic E-state index is 13.8. The van der Waals surface area contributed by atoms with Gasteiger partial charge in [-0.2, -0.15) is 5.26 Å². The molecule has 2 aliphatic rings. The highest BCUT2D eigenvalue weighted by molar-refractivity contribution is 7.81. The molecule has 1 aliphatic heterocycles. The van der Waals surface area contributed by atoms with Gasteiger partial charge in [-0.1, -0.05) is 24.3 Å². The minimum Gasteiger partial charge on any atom is -0.366 e. The van der Waals surface area contributed by atoms with Crippen LogP contribution in [0.5, 0.6) is 0 Å². The number of hydrogen-bond acceptors (Lipinski definition) is 5. The van der Waals surface area contributed by atoms with Crippen molar-refractivity contribution >= 4 is 51.3 Å². The number of anilines is 2. The van der Waals surface area contributed by atoms with Crippen molar-refractivity contribution in [1.82, 2.24) is 4.98 Å². The Hall–Kier alpha value is -3.90. The number of amides is 2. The number of hydrogen-bond donors (Lipinski definition) is 1. The highest BCUT2D eigenvalue weighted by Crippen LogP contribution is 2.48. The number of halogens is 1. The number of nitrogens with zero attached hydrogens (tertiary/aromatic N) is 4. The molecule has 1 saturated carbocycles. The van der Waals surface area contributed by atoms with Crippen LogP contribution in [0.25, 0.3) is 10.8 Å². The summed E-state index contributed by atoms with van der Waals surface area (Å²) >= 11 is 5.79. The third kappa shape index (κ3) is 2.91. The number of aromatic nitrogens is 1. The summed E-state index contributed by atoms with van der Waals surface area (Å²) in [5.74, 6) is -0.902. The third-order valence-electron chi connectivity index (χ3n) is 6.47. The number of fused-ring (bicyclic) bond motifs is 1. The molecule has 1 aromatic heterocycles. The first-order valence-corrected chi connectivity index (χ1v) is 10.8. The molecule has 2 amide bonds. The van der Waals surface area contributed by atoms with Gasteiger partial charge in [0.15, 0.2) is 5.11 Å². The summed E-state index contributed by atoms with van der Waals surface area (Å²) < 4.78 is 13.7. The van der Waals surface area contributed by atoms with Gasteiger partial charge in [0.05, 0.1) is 11.9 Å². The van der Waals surface area contributed by atoms with E-state index in [1.54, 1.807) is 23.1 Å². The smallest absolute Gasteiger partial charge is 0.259 e. The maximum atomic E-state index is 13.8. The number of alkyl halides is 1. The first kappa shape index (κ1) is 21.0. The molecule has 1 spiro atoms. The molecule has 0 unspecified atom stereocenters. The fourth-order valence-electron chi connectivity index (χ4n) is 4.71. The number of rotatable bonds is 4. The minimum atomic E-state index is -0.881. The summed E-state index contributed by atoms with van der Waals surface area (Å²) in [7, 11) is 0. The van der Waals surface area contributed by atoms with Gasteiger partial charge in [0.2, 0.25) is 5.91 Å². The van der Waals surface area contributed by atoms with E-state index in [4.69, 9.17) is 18.0 Å². The zero-order valence-corrected chi connectivity index (χ0v) is 18.2. The van der Waals surface area contributed by atoms with Crippen molar-refractivity contribution in [3.05, 3.63) is 65.5 Å². The van der Waals surface area contributed by atoms with E-state index in [-0.39, 0.29) is 27.8 Å². The van der Waals surface area contributed by atoms with Crippen LogP contribution in [0.1, 0.15) is 40.9 Å². The Morgan fingerprint density at radius 1 is 1.24 bits per heavy atom. The molecule has 1 saturated heterocycles. The number of carbonyl (C=O) groups is 2. The van der Waals surface area contributed by atoms with Gasteiger partial charge < -0.3 is 10.6 Å². The number of benzene rings is 2. The molecule has 164 valence electrons. The summed E-state index contributed by atoms with van der Waals surface area (Å²) in [6.07, 6.45) is 3.52. The van der Waals surface area contributed by atoms with Crippen LogP contribution in [-0.4, -0.2) is 27.4 Å². The zero-order valence-electron chi connectivity index (χ0n) is 17.4. The van der Waals surface area contributed by atoms with Crippen LogP contribution in [0, 0.1) is 11.3 Å². The van der Waals surface area contributed by atoms with E-state index in [1.165, 1.54) is 23.2 Å². The molecule has 0 bridgehead atoms. The average Bonchev–Trinajstić information content (AvgIpc) is 3.04. The second-order valence-electron chi connectivity index (χ2n) is 8.13. The molecule has 2 aromatic carbocycles. The number of primary amides is 1. The Labute approximate surface area is 194 Å². The van der Waals surface area contributed by atoms with E-state index < -0.39 is 18.1 Å². The normalized spacial score (nSPS) is 16.8. The van der Waals surface area contributed by atoms with E-state index in [9.17, 15) is 19.2 Å². The van der Waals surface area contributed by atoms with Crippen LogP contribution in [0.2, 0.25) is 0 Å². The third-order valence-corrected chi connectivity index (χ3v) is 6.83. The summed E-state index contributed by atoms with van der Waals surface area (Å²) in [4.78, 5) is 32.9. The molecule has 2 heterocycles. The van der Waals surface area contributed by atoms with Crippen molar-refractivity contribution in [1.29, 1.82) is 5.26 Å². The fraction of sp³-hybridized carbons (Fsp3) is 0.208. The second-order valence-corrected chi connectivity index (χ2v) is 8.50. The highest BCUT2D eigenvalue weighted by Gasteiger charge is 2.59. The van der Waals surface area contributed by atoms with E-state index in [0.717, 1.165) is 6.42 Å². The monoisotopic (exact) mass is 459 g/mol. The number of nitriles is 1. The lowest BCUT2D eigenvalue weighted by molar-refractivity contribution is -0.123. The molecular formula is C24H18FN5O2S. The molecule has 3 aromatic rings. The van der Waals surface area contributed by atoms with Crippen molar-refractivity contribution in [2.24, 2.45) is 5.73 Å². The van der Waals surface area contributed by atoms with E-state index in [2.05, 4.69) is 11.1 Å². The second kappa shape index (κ2) is 7.60. The summed E-state index contributed by atoms with van der Waals surface area (Å²) in [6.45, 7) is -0.873. The van der Waals surface area contributed by atoms with Gasteiger partial charge in [-0.15, -0.1) is 0 Å². The number of pyridine rings is 1. The van der Waals surface area contributed by atoms with Gasteiger partial charge in [0.1, 0.15) is 24.0 Å². The van der Waals surface area contributed by atoms with Crippen molar-refractivity contribution in [3.63, 3.8) is 0 Å². The molecule has 0 atom stereocenters. The van der Waals surface area contributed by atoms with Crippen LogP contribution in [-0.2, 0) is 11.5 Å². The molecular weight excluding hydrogens is 441 g/mol. The highest BCUT2D eigenvalue weighted by atomic mass is 32.1. The quantitative estimate of drug-likeness (QED) is 0.596. The Morgan fingerprint density at radius 3 is 2.58 bits per heavy atom. The topological polar surface area (TPSA) is 103 Å². The summed E-state index contributed by atoms with van der Waals surface area (Å²) in [5, 5.41) is 11.0. The van der Waals surface area contributed by atoms with Crippen molar-refractivity contribution < 1.29 is 14.0 Å². The molecule has 0 radical (unpaired) electrons. The first-order chi connectivity index (χ1) is 15.9. The van der Waals surface area contributed by atoms with Crippen LogP contribution in [0.3, 0.4) is 0 Å². The largest absolute Gasteiger partial charge is 0.366 e. The van der Waals surface area contributed by atoms with Crippen molar-refractivity contribution in [2.75, 3.05) is 9.80 Å². The van der Waals surface area contributed by atoms with Crippen LogP contribution in [0.4, 0.5) is 15.8 Å². The fourth-order valence-corrected chi connectivity index (χ4v) is 5.17. The summed E-state index contributed by atoms with van der Waals surface area (Å²) in [5.41, 5.74) is 6.01. The number of nitrogens with two attached hydrogens (primary N) is 1. The van der Waals surface area contributed by atoms with Crippen LogP contribution < -0.4 is 15.5 Å². The Kier molecular flexibility index (Phi) is 4.83. The van der Waals surface area contributed by atoms with Gasteiger partial charge in [-0.25, -0.2) is 9.37 Å². The van der Waals surface area contributed by atoms with Crippen molar-refractivity contribution in [3.8, 4) is 6.07 Å². The number of thiocarbonyl (C=S) groups is 1. The van der Waals surface area contributed by atoms with Gasteiger partial charge >= 0.3 is 0 Å². The minimum absolute atomic E-state index is 0.0968. The zero-order chi connectivity index (χ0) is 23.3. The van der Waals surface area contributed by atoms with E-state index >= 15 is 0 Å². The van der Waals surface area contributed by atoms with Crippen LogP contribution in [0.15, 0.2) is 48.7 Å². The molecule has 7 nitrogen and oxygen atoms in total. The Morgan fingerprint density at radius 2 is 1.97 bits per heavy atom. The van der Waals surface area contributed by atoms with Crippen molar-refractivity contribution in [2.45, 2.75) is 31.5 Å². The van der Waals surface area contributed by atoms with E-state index in [1.807, 2.05) is 12.1 Å². The Bertz CT molecular complexity index is 1400. The standard InChI is InChI=1S/C24H18FN5O2S/c25-11-14-10-15(6-7-16(14)21(27)31)30-23(33)29(22(32)24(30)8-3-9-24)20-13-28-19(12-26)17-4-1-2-5-18(17)20/h1-2,4-7,10,13H,3,8-9,11H2,(H2,27,31). The van der Waals surface area contributed by atoms with Gasteiger partial charge in [-0.05, 0) is 55.2 Å². The Balaban J connectivity index is 1.67. The van der Waals surface area contributed by atoms with Gasteiger partial charge in [0.25, 0.3) is 5.91 Å². The lowest BCUT2D eigenvalue weighted by Crippen LogP contribution is -2.55. The lowest BCUT2D eigenvalue weighted by Gasteiger charge is -2.43. The predicted molar refractivity (Wildman–Crippen MR) is 125 cm³/mol. The summed E-state index contributed by atoms with van der Waals surface area (Å²) in [6, 6.07) is 13.9. The molecule has 5 rings (SSSR count). The van der Waals surface area contributed by atoms with E-state index in [0.29, 0.717) is 35.0 Å². The molecule has 2 N–H and O–H groups in total. The average molecular weight is 460 g/mol. The molecule has 2 fully saturated rings. The lowest BCUT2D eigenvalue weighted by atomic mass is 9.75. The van der Waals surface area contributed by atoms with Crippen LogP contribution >= 0.6 is 12.2 Å².